The Morgan fingerprint density at radius 1 is 1.36 bits per heavy atom. The third-order valence-electron chi connectivity index (χ3n) is 1.47. The smallest absolute Gasteiger partial charge is 0.240 e. The summed E-state index contributed by atoms with van der Waals surface area (Å²) in [6, 6.07) is 10.2. The van der Waals surface area contributed by atoms with Gasteiger partial charge in [0.2, 0.25) is 5.91 Å². The fourth-order valence-corrected chi connectivity index (χ4v) is 0.723. The van der Waals surface area contributed by atoms with E-state index in [-0.39, 0.29) is 0 Å². The number of benzene rings is 1. The molecular weight excluding hydrogens is 174 g/mol. The highest BCUT2D eigenvalue weighted by Gasteiger charge is 1.86. The molecule has 1 aromatic rings. The van der Waals surface area contributed by atoms with Crippen LogP contribution in [0.5, 0.6) is 0 Å². The van der Waals surface area contributed by atoms with Gasteiger partial charge < -0.3 is 5.73 Å². The minimum Gasteiger partial charge on any atom is -0.366 e. The fourth-order valence-electron chi connectivity index (χ4n) is 0.723. The fraction of sp³-hybridized carbons (Fsp3) is 0.0833. The van der Waals surface area contributed by atoms with Crippen molar-refractivity contribution in [3.63, 3.8) is 0 Å². The number of primary amides is 1. The Morgan fingerprint density at radius 3 is 2.00 bits per heavy atom. The molecule has 0 heterocycles. The molecule has 0 aliphatic rings. The number of hydrogen-bond acceptors (Lipinski definition) is 1. The lowest BCUT2D eigenvalue weighted by molar-refractivity contribution is -0.113. The van der Waals surface area contributed by atoms with Crippen molar-refractivity contribution in [1.82, 2.24) is 0 Å². The van der Waals surface area contributed by atoms with Gasteiger partial charge in [-0.15, -0.1) is 0 Å². The summed E-state index contributed by atoms with van der Waals surface area (Å²) in [5, 5.41) is 0. The van der Waals surface area contributed by atoms with Crippen LogP contribution in [0.1, 0.15) is 12.5 Å². The van der Waals surface area contributed by atoms with Gasteiger partial charge in [-0.25, -0.2) is 0 Å². The van der Waals surface area contributed by atoms with E-state index in [9.17, 15) is 4.79 Å². The molecule has 74 valence electrons. The zero-order valence-corrected chi connectivity index (χ0v) is 8.36. The Kier molecular flexibility index (Phi) is 5.79. The van der Waals surface area contributed by atoms with Gasteiger partial charge >= 0.3 is 0 Å². The quantitative estimate of drug-likeness (QED) is 0.713. The number of rotatable bonds is 2. The van der Waals surface area contributed by atoms with E-state index >= 15 is 0 Å². The average Bonchev–Trinajstić information content (AvgIpc) is 2.20. The molecule has 0 saturated heterocycles. The molecule has 2 nitrogen and oxygen atoms in total. The van der Waals surface area contributed by atoms with Gasteiger partial charge in [0.25, 0.3) is 0 Å². The molecule has 0 saturated carbocycles. The van der Waals surface area contributed by atoms with Gasteiger partial charge in [0, 0.05) is 0 Å². The van der Waals surface area contributed by atoms with Gasteiger partial charge in [0.15, 0.2) is 0 Å². The van der Waals surface area contributed by atoms with Gasteiger partial charge in [-0.2, -0.15) is 0 Å². The van der Waals surface area contributed by atoms with E-state index < -0.39 is 5.91 Å². The Bertz CT molecular complexity index is 314. The van der Waals surface area contributed by atoms with E-state index in [1.54, 1.807) is 0 Å². The van der Waals surface area contributed by atoms with Gasteiger partial charge in [-0.3, -0.25) is 4.79 Å². The summed E-state index contributed by atoms with van der Waals surface area (Å²) in [6.45, 7) is 8.92. The molecule has 2 N–H and O–H groups in total. The zero-order chi connectivity index (χ0) is 11.0. The van der Waals surface area contributed by atoms with Gasteiger partial charge in [0.1, 0.15) is 0 Å². The first-order valence-electron chi connectivity index (χ1n) is 4.20. The van der Waals surface area contributed by atoms with Crippen LogP contribution in [-0.4, -0.2) is 5.91 Å². The summed E-state index contributed by atoms with van der Waals surface area (Å²) >= 11 is 0. The van der Waals surface area contributed by atoms with E-state index in [1.165, 1.54) is 5.56 Å². The van der Waals surface area contributed by atoms with E-state index in [4.69, 9.17) is 0 Å². The highest BCUT2D eigenvalue weighted by Crippen LogP contribution is 2.08. The monoisotopic (exact) mass is 189 g/mol. The Labute approximate surface area is 84.7 Å². The number of allylic oxidation sites excluding steroid dienone is 1. The summed E-state index contributed by atoms with van der Waals surface area (Å²) in [7, 11) is 0. The largest absolute Gasteiger partial charge is 0.366 e. The van der Waals surface area contributed by atoms with Gasteiger partial charge in [0.05, 0.1) is 0 Å². The second-order valence-corrected chi connectivity index (χ2v) is 2.75. The summed E-state index contributed by atoms with van der Waals surface area (Å²) in [6.07, 6.45) is 1.06. The zero-order valence-electron chi connectivity index (χ0n) is 8.36. The summed E-state index contributed by atoms with van der Waals surface area (Å²) in [5.74, 6) is -0.481. The Hall–Kier alpha value is -1.83. The molecule has 0 aliphatic heterocycles. The molecule has 1 rings (SSSR count). The van der Waals surface area contributed by atoms with Crippen molar-refractivity contribution in [1.29, 1.82) is 0 Å². The van der Waals surface area contributed by atoms with Gasteiger partial charge in [-0.1, -0.05) is 49.1 Å². The lowest BCUT2D eigenvalue weighted by Crippen LogP contribution is -2.04. The van der Waals surface area contributed by atoms with Crippen molar-refractivity contribution in [2.75, 3.05) is 0 Å². The van der Waals surface area contributed by atoms with Crippen LogP contribution in [0.3, 0.4) is 0 Å². The predicted molar refractivity (Wildman–Crippen MR) is 60.5 cm³/mol. The average molecular weight is 189 g/mol. The van der Waals surface area contributed by atoms with Crippen LogP contribution in [0, 0.1) is 0 Å². The van der Waals surface area contributed by atoms with Crippen LogP contribution >= 0.6 is 0 Å². The molecular formula is C12H15NO. The maximum absolute atomic E-state index is 9.47. The first-order valence-corrected chi connectivity index (χ1v) is 4.20. The molecule has 0 unspecified atom stereocenters. The maximum Gasteiger partial charge on any atom is 0.240 e. The SMILES string of the molecule is C=C(C)c1ccccc1.C=CC(N)=O. The molecule has 2 heteroatoms. The van der Waals surface area contributed by atoms with Crippen LogP contribution in [0.25, 0.3) is 5.57 Å². The molecule has 0 fully saturated rings. The van der Waals surface area contributed by atoms with Crippen LogP contribution in [0.15, 0.2) is 49.6 Å². The van der Waals surface area contributed by atoms with Crippen molar-refractivity contribution in [3.8, 4) is 0 Å². The van der Waals surface area contributed by atoms with Crippen LogP contribution < -0.4 is 5.73 Å². The minimum absolute atomic E-state index is 0.481. The summed E-state index contributed by atoms with van der Waals surface area (Å²) < 4.78 is 0. The summed E-state index contributed by atoms with van der Waals surface area (Å²) in [5.41, 5.74) is 6.88. The van der Waals surface area contributed by atoms with E-state index in [2.05, 4.69) is 31.0 Å². The topological polar surface area (TPSA) is 43.1 Å². The van der Waals surface area contributed by atoms with Crippen molar-refractivity contribution in [2.45, 2.75) is 6.92 Å². The maximum atomic E-state index is 9.47. The predicted octanol–water partition coefficient (Wildman–Crippen LogP) is 2.38. The van der Waals surface area contributed by atoms with Crippen molar-refractivity contribution >= 4 is 11.5 Å². The van der Waals surface area contributed by atoms with Crippen LogP contribution in [0.4, 0.5) is 0 Å². The number of carbonyl (C=O) groups excluding carboxylic acids is 1. The number of nitrogens with two attached hydrogens (primary N) is 1. The van der Waals surface area contributed by atoms with Crippen molar-refractivity contribution < 1.29 is 4.79 Å². The molecule has 0 radical (unpaired) electrons. The molecule has 0 aliphatic carbocycles. The number of hydrogen-bond donors (Lipinski definition) is 1. The third-order valence-corrected chi connectivity index (χ3v) is 1.47. The van der Waals surface area contributed by atoms with Gasteiger partial charge in [-0.05, 0) is 18.6 Å². The normalized spacial score (nSPS) is 8.07. The molecule has 1 amide bonds. The second-order valence-electron chi connectivity index (χ2n) is 2.75. The van der Waals surface area contributed by atoms with Crippen LogP contribution in [0.2, 0.25) is 0 Å². The van der Waals surface area contributed by atoms with E-state index in [1.807, 2.05) is 25.1 Å². The number of carbonyl (C=O) groups is 1. The molecule has 0 bridgehead atoms. The Balaban J connectivity index is 0.000000292. The highest BCUT2D eigenvalue weighted by molar-refractivity contribution is 5.84. The van der Waals surface area contributed by atoms with E-state index in [0.29, 0.717) is 0 Å². The van der Waals surface area contributed by atoms with Crippen molar-refractivity contribution in [2.24, 2.45) is 5.73 Å². The molecule has 0 atom stereocenters. The second kappa shape index (κ2) is 6.66. The lowest BCUT2D eigenvalue weighted by atomic mass is 10.1. The van der Waals surface area contributed by atoms with E-state index in [0.717, 1.165) is 11.6 Å². The molecule has 14 heavy (non-hydrogen) atoms. The lowest BCUT2D eigenvalue weighted by Gasteiger charge is -1.94. The molecule has 0 aromatic heterocycles. The number of amides is 1. The molecule has 0 spiro atoms. The summed E-state index contributed by atoms with van der Waals surface area (Å²) in [4.78, 5) is 9.47. The highest BCUT2D eigenvalue weighted by atomic mass is 16.1. The standard InChI is InChI=1S/C9H10.C3H5NO/c1-8(2)9-6-4-3-5-7-9;1-2-3(4)5/h3-7H,1H2,2H3;2H,1H2,(H2,4,5). The molecule has 1 aromatic carbocycles. The third kappa shape index (κ3) is 5.77. The van der Waals surface area contributed by atoms with Crippen molar-refractivity contribution in [3.05, 3.63) is 55.1 Å². The first-order chi connectivity index (χ1) is 6.57. The minimum atomic E-state index is -0.481. The first kappa shape index (κ1) is 12.2. The van der Waals surface area contributed by atoms with Crippen LogP contribution in [-0.2, 0) is 4.79 Å². The Morgan fingerprint density at radius 2 is 1.79 bits per heavy atom.